The Labute approximate surface area is 147 Å². The molecule has 0 saturated heterocycles. The van der Waals surface area contributed by atoms with Gasteiger partial charge in [0.25, 0.3) is 5.91 Å². The van der Waals surface area contributed by atoms with Gasteiger partial charge in [-0.3, -0.25) is 14.7 Å². The molecule has 2 N–H and O–H groups in total. The Balaban J connectivity index is 1.94. The first-order valence-electron chi connectivity index (χ1n) is 8.46. The second-order valence-electron chi connectivity index (χ2n) is 7.60. The van der Waals surface area contributed by atoms with E-state index in [4.69, 9.17) is 0 Å². The van der Waals surface area contributed by atoms with E-state index < -0.39 is 6.04 Å². The average molecular weight is 340 g/mol. The van der Waals surface area contributed by atoms with E-state index in [1.807, 2.05) is 52.0 Å². The van der Waals surface area contributed by atoms with Gasteiger partial charge in [-0.05, 0) is 44.9 Å². The number of carbonyl (C=O) groups is 2. The Morgan fingerprint density at radius 2 is 1.92 bits per heavy atom. The van der Waals surface area contributed by atoms with Gasteiger partial charge in [0, 0.05) is 24.2 Å². The van der Waals surface area contributed by atoms with Gasteiger partial charge in [-0.2, -0.15) is 5.10 Å². The normalized spacial score (nSPS) is 17.1. The molecule has 3 rings (SSSR count). The molecular formula is C19H24N4O2. The molecular weight excluding hydrogens is 316 g/mol. The van der Waals surface area contributed by atoms with Crippen LogP contribution in [-0.4, -0.2) is 38.5 Å². The van der Waals surface area contributed by atoms with Crippen LogP contribution in [0.15, 0.2) is 30.3 Å². The van der Waals surface area contributed by atoms with Crippen LogP contribution < -0.4 is 5.32 Å². The fraction of sp³-hybridized carbons (Fsp3) is 0.421. The third kappa shape index (κ3) is 3.73. The van der Waals surface area contributed by atoms with E-state index in [1.165, 1.54) is 0 Å². The van der Waals surface area contributed by atoms with Crippen LogP contribution in [0.1, 0.15) is 48.1 Å². The van der Waals surface area contributed by atoms with Crippen molar-refractivity contribution in [2.45, 2.75) is 52.2 Å². The summed E-state index contributed by atoms with van der Waals surface area (Å²) in [5, 5.41) is 9.86. The summed E-state index contributed by atoms with van der Waals surface area (Å²) in [6.45, 7) is 8.06. The Kier molecular flexibility index (Phi) is 4.37. The van der Waals surface area contributed by atoms with Crippen molar-refractivity contribution in [1.82, 2.24) is 20.4 Å². The van der Waals surface area contributed by atoms with Gasteiger partial charge in [0.2, 0.25) is 5.91 Å². The summed E-state index contributed by atoms with van der Waals surface area (Å²) in [6.07, 6.45) is 0.507. The third-order valence-electron chi connectivity index (χ3n) is 4.24. The fourth-order valence-corrected chi connectivity index (χ4v) is 3.10. The predicted octanol–water partition coefficient (Wildman–Crippen LogP) is 2.20. The lowest BCUT2D eigenvalue weighted by molar-refractivity contribution is -0.127. The number of benzene rings is 1. The number of hydrogen-bond acceptors (Lipinski definition) is 3. The Hall–Kier alpha value is -2.63. The summed E-state index contributed by atoms with van der Waals surface area (Å²) in [7, 11) is 0. The minimum Gasteiger partial charge on any atom is -0.350 e. The molecule has 1 aromatic heterocycles. The highest BCUT2D eigenvalue weighted by atomic mass is 16.2. The predicted molar refractivity (Wildman–Crippen MR) is 95.0 cm³/mol. The van der Waals surface area contributed by atoms with Crippen molar-refractivity contribution in [3.05, 3.63) is 52.8 Å². The van der Waals surface area contributed by atoms with Crippen molar-refractivity contribution < 1.29 is 9.59 Å². The van der Waals surface area contributed by atoms with Crippen molar-refractivity contribution in [3.8, 4) is 0 Å². The van der Waals surface area contributed by atoms with Gasteiger partial charge in [-0.25, -0.2) is 0 Å². The van der Waals surface area contributed by atoms with E-state index in [0.717, 1.165) is 16.8 Å². The molecule has 0 spiro atoms. The molecule has 0 fully saturated rings. The zero-order valence-electron chi connectivity index (χ0n) is 15.1. The summed E-state index contributed by atoms with van der Waals surface area (Å²) < 4.78 is 0. The highest BCUT2D eigenvalue weighted by molar-refractivity contribution is 5.96. The number of aromatic amines is 1. The van der Waals surface area contributed by atoms with E-state index in [2.05, 4.69) is 15.5 Å². The van der Waals surface area contributed by atoms with Crippen LogP contribution >= 0.6 is 0 Å². The molecule has 2 amide bonds. The van der Waals surface area contributed by atoms with Crippen LogP contribution in [0.4, 0.5) is 0 Å². The largest absolute Gasteiger partial charge is 0.350 e. The number of carbonyl (C=O) groups excluding carboxylic acids is 2. The third-order valence-corrected chi connectivity index (χ3v) is 4.24. The lowest BCUT2D eigenvalue weighted by Gasteiger charge is -2.37. The summed E-state index contributed by atoms with van der Waals surface area (Å²) in [4.78, 5) is 27.4. The van der Waals surface area contributed by atoms with Gasteiger partial charge in [0.15, 0.2) is 0 Å². The number of fused-ring (bicyclic) bond motifs is 1. The van der Waals surface area contributed by atoms with Gasteiger partial charge >= 0.3 is 0 Å². The lowest BCUT2D eigenvalue weighted by atomic mass is 9.92. The number of aryl methyl sites for hydroxylation is 1. The number of rotatable bonds is 2. The Bertz CT molecular complexity index is 804. The van der Waals surface area contributed by atoms with Crippen molar-refractivity contribution in [3.63, 3.8) is 0 Å². The minimum absolute atomic E-state index is 0.136. The molecule has 1 atom stereocenters. The highest BCUT2D eigenvalue weighted by Crippen LogP contribution is 2.25. The molecule has 25 heavy (non-hydrogen) atoms. The molecule has 1 aliphatic rings. The summed E-state index contributed by atoms with van der Waals surface area (Å²) >= 11 is 0. The maximum atomic E-state index is 13.0. The van der Waals surface area contributed by atoms with Gasteiger partial charge in [0.1, 0.15) is 11.7 Å². The van der Waals surface area contributed by atoms with E-state index in [9.17, 15) is 9.59 Å². The highest BCUT2D eigenvalue weighted by Gasteiger charge is 2.36. The molecule has 1 aromatic carbocycles. The molecule has 6 heteroatoms. The zero-order chi connectivity index (χ0) is 18.2. The fourth-order valence-electron chi connectivity index (χ4n) is 3.10. The molecule has 0 saturated carbocycles. The van der Waals surface area contributed by atoms with Crippen LogP contribution in [0.2, 0.25) is 0 Å². The smallest absolute Gasteiger partial charge is 0.275 e. The number of H-pyrrole nitrogens is 1. The number of nitrogens with one attached hydrogen (secondary N) is 2. The first kappa shape index (κ1) is 17.2. The van der Waals surface area contributed by atoms with E-state index in [1.54, 1.807) is 11.0 Å². The second-order valence-corrected chi connectivity index (χ2v) is 7.60. The first-order chi connectivity index (χ1) is 11.7. The minimum atomic E-state index is -0.543. The lowest BCUT2D eigenvalue weighted by Crippen LogP contribution is -2.56. The van der Waals surface area contributed by atoms with Crippen LogP contribution in [0, 0.1) is 6.92 Å². The van der Waals surface area contributed by atoms with Crippen molar-refractivity contribution in [2.24, 2.45) is 0 Å². The molecule has 6 nitrogen and oxygen atoms in total. The monoisotopic (exact) mass is 340 g/mol. The van der Waals surface area contributed by atoms with E-state index in [-0.39, 0.29) is 17.4 Å². The van der Waals surface area contributed by atoms with Gasteiger partial charge < -0.3 is 10.2 Å². The van der Waals surface area contributed by atoms with Gasteiger partial charge in [0.05, 0.1) is 0 Å². The molecule has 0 aliphatic carbocycles. The molecule has 0 radical (unpaired) electrons. The van der Waals surface area contributed by atoms with Crippen molar-refractivity contribution in [1.29, 1.82) is 0 Å². The molecule has 0 bridgehead atoms. The quantitative estimate of drug-likeness (QED) is 0.880. The molecule has 1 aliphatic heterocycles. The average Bonchev–Trinajstić information content (AvgIpc) is 2.98. The van der Waals surface area contributed by atoms with Crippen LogP contribution in [0.3, 0.4) is 0 Å². The summed E-state index contributed by atoms with van der Waals surface area (Å²) in [5.41, 5.74) is 2.98. The van der Waals surface area contributed by atoms with Crippen molar-refractivity contribution >= 4 is 11.8 Å². The first-order valence-corrected chi connectivity index (χ1v) is 8.46. The molecule has 0 unspecified atom stereocenters. The maximum absolute atomic E-state index is 13.0. The van der Waals surface area contributed by atoms with Gasteiger partial charge in [-0.15, -0.1) is 0 Å². The van der Waals surface area contributed by atoms with Crippen molar-refractivity contribution in [2.75, 3.05) is 0 Å². The number of hydrogen-bond donors (Lipinski definition) is 2. The van der Waals surface area contributed by atoms with Crippen LogP contribution in [-0.2, 0) is 17.8 Å². The Morgan fingerprint density at radius 1 is 1.24 bits per heavy atom. The van der Waals surface area contributed by atoms with Crippen LogP contribution in [0.5, 0.6) is 0 Å². The number of aromatic nitrogens is 2. The van der Waals surface area contributed by atoms with Gasteiger partial charge in [-0.1, -0.05) is 24.3 Å². The number of amides is 2. The second kappa shape index (κ2) is 6.35. The maximum Gasteiger partial charge on any atom is 0.275 e. The molecule has 2 aromatic rings. The SMILES string of the molecule is Cc1cc(C(=O)N2Cc3ccccc3C[C@H]2C(=O)NC(C)(C)C)n[nH]1. The molecule has 132 valence electrons. The standard InChI is InChI=1S/C19H24N4O2/c1-12-9-15(22-21-12)18(25)23-11-14-8-6-5-7-13(14)10-16(23)17(24)20-19(2,3)4/h5-9,16H,10-11H2,1-4H3,(H,20,24)(H,21,22)/t16-/m0/s1. The Morgan fingerprint density at radius 3 is 2.52 bits per heavy atom. The zero-order valence-corrected chi connectivity index (χ0v) is 15.1. The topological polar surface area (TPSA) is 78.1 Å². The summed E-state index contributed by atoms with van der Waals surface area (Å²) in [5.74, 6) is -0.365. The molecule has 2 heterocycles. The van der Waals surface area contributed by atoms with Crippen LogP contribution in [0.25, 0.3) is 0 Å². The van der Waals surface area contributed by atoms with E-state index >= 15 is 0 Å². The van der Waals surface area contributed by atoms with E-state index in [0.29, 0.717) is 18.7 Å². The number of nitrogens with zero attached hydrogens (tertiary/aromatic N) is 2. The summed E-state index contributed by atoms with van der Waals surface area (Å²) in [6, 6.07) is 9.11.